The summed E-state index contributed by atoms with van der Waals surface area (Å²) in [6, 6.07) is 0. The van der Waals surface area contributed by atoms with Gasteiger partial charge in [0.2, 0.25) is 0 Å². The molecule has 0 saturated heterocycles. The molecule has 7 atom stereocenters. The molecule has 198 valence electrons. The van der Waals surface area contributed by atoms with Crippen molar-refractivity contribution in [1.82, 2.24) is 0 Å². The van der Waals surface area contributed by atoms with Gasteiger partial charge < -0.3 is 4.74 Å². The molecule has 35 heavy (non-hydrogen) atoms. The van der Waals surface area contributed by atoms with Crippen LogP contribution in [-0.4, -0.2) is 17.9 Å². The topological polar surface area (TPSA) is 43.4 Å². The largest absolute Gasteiger partial charge is 0.462 e. The van der Waals surface area contributed by atoms with Gasteiger partial charge in [0.1, 0.15) is 11.9 Å². The van der Waals surface area contributed by atoms with E-state index in [2.05, 4.69) is 55.4 Å². The summed E-state index contributed by atoms with van der Waals surface area (Å²) in [5.74, 6) is 2.31. The Kier molecular flexibility index (Phi) is 6.94. The number of allylic oxidation sites excluding steroid dienone is 1. The van der Waals surface area contributed by atoms with Crippen LogP contribution >= 0.6 is 0 Å². The second kappa shape index (κ2) is 9.02. The maximum Gasteiger partial charge on any atom is 0.302 e. The molecule has 0 radical (unpaired) electrons. The first kappa shape index (κ1) is 26.9. The lowest BCUT2D eigenvalue weighted by atomic mass is 9.36. The zero-order chi connectivity index (χ0) is 26.0. The minimum Gasteiger partial charge on any atom is -0.462 e. The number of esters is 1. The van der Waals surface area contributed by atoms with Crippen molar-refractivity contribution in [1.29, 1.82) is 0 Å². The Morgan fingerprint density at radius 2 is 1.69 bits per heavy atom. The van der Waals surface area contributed by atoms with E-state index < -0.39 is 0 Å². The van der Waals surface area contributed by atoms with Crippen molar-refractivity contribution >= 4 is 11.8 Å². The van der Waals surface area contributed by atoms with Crippen LogP contribution < -0.4 is 0 Å². The molecule has 3 saturated carbocycles. The fraction of sp³-hybridized carbons (Fsp3) is 0.875. The van der Waals surface area contributed by atoms with Crippen molar-refractivity contribution in [3.8, 4) is 0 Å². The Morgan fingerprint density at radius 1 is 1.00 bits per heavy atom. The summed E-state index contributed by atoms with van der Waals surface area (Å²) in [5.41, 5.74) is 3.28. The number of carbonyl (C=O) groups excluding carboxylic acids is 2. The smallest absolute Gasteiger partial charge is 0.302 e. The standard InChI is InChI=1S/C32H52O3/c1-20(2)11-10-12-21(3)23-13-17-31(8)24(23)19-25(35-22(4)33)28-30(7)16-15-27(34)29(5,6)26(30)14-18-32(28,31)9/h20-21,25-26,28H,10-19H2,1-9H3/t21-,25-,26+,28+,30+,31+,32+/m1/s1. The van der Waals surface area contributed by atoms with Crippen molar-refractivity contribution in [2.75, 3.05) is 0 Å². The highest BCUT2D eigenvalue weighted by Crippen LogP contribution is 2.74. The van der Waals surface area contributed by atoms with E-state index in [4.69, 9.17) is 4.74 Å². The van der Waals surface area contributed by atoms with Crippen molar-refractivity contribution in [2.24, 2.45) is 45.3 Å². The molecule has 0 unspecified atom stereocenters. The van der Waals surface area contributed by atoms with Gasteiger partial charge in [-0.1, -0.05) is 79.4 Å². The first-order valence-electron chi connectivity index (χ1n) is 14.6. The van der Waals surface area contributed by atoms with Gasteiger partial charge in [-0.05, 0) is 72.5 Å². The maximum absolute atomic E-state index is 13.0. The third-order valence-corrected chi connectivity index (χ3v) is 11.9. The predicted molar refractivity (Wildman–Crippen MR) is 143 cm³/mol. The zero-order valence-corrected chi connectivity index (χ0v) is 24.2. The van der Waals surface area contributed by atoms with E-state index in [0.29, 0.717) is 30.0 Å². The molecule has 4 aliphatic rings. The Morgan fingerprint density at radius 3 is 2.31 bits per heavy atom. The van der Waals surface area contributed by atoms with Gasteiger partial charge in [0.25, 0.3) is 0 Å². The molecule has 0 spiro atoms. The van der Waals surface area contributed by atoms with Crippen LogP contribution in [0.15, 0.2) is 11.1 Å². The van der Waals surface area contributed by atoms with Crippen LogP contribution in [0.1, 0.15) is 127 Å². The molecule has 0 aromatic carbocycles. The van der Waals surface area contributed by atoms with Gasteiger partial charge >= 0.3 is 5.97 Å². The van der Waals surface area contributed by atoms with Crippen LogP contribution in [0, 0.1) is 45.3 Å². The maximum atomic E-state index is 13.0. The van der Waals surface area contributed by atoms with Crippen molar-refractivity contribution in [2.45, 2.75) is 133 Å². The van der Waals surface area contributed by atoms with Crippen molar-refractivity contribution in [3.63, 3.8) is 0 Å². The number of ether oxygens (including phenoxy) is 1. The summed E-state index contributed by atoms with van der Waals surface area (Å²) in [7, 11) is 0. The second-order valence-electron chi connectivity index (χ2n) is 14.6. The molecule has 0 N–H and O–H groups in total. The second-order valence-corrected chi connectivity index (χ2v) is 14.6. The highest BCUT2D eigenvalue weighted by molar-refractivity contribution is 5.85. The minimum absolute atomic E-state index is 0.0186. The molecule has 4 rings (SSSR count). The third-order valence-electron chi connectivity index (χ3n) is 11.9. The van der Waals surface area contributed by atoms with Crippen LogP contribution in [0.2, 0.25) is 0 Å². The molecule has 0 bridgehead atoms. The van der Waals surface area contributed by atoms with E-state index in [9.17, 15) is 9.59 Å². The fourth-order valence-electron chi connectivity index (χ4n) is 9.96. The van der Waals surface area contributed by atoms with Crippen LogP contribution in [0.5, 0.6) is 0 Å². The number of carbonyl (C=O) groups is 2. The van der Waals surface area contributed by atoms with Crippen LogP contribution in [-0.2, 0) is 14.3 Å². The third kappa shape index (κ3) is 4.06. The van der Waals surface area contributed by atoms with Crippen molar-refractivity contribution < 1.29 is 14.3 Å². The van der Waals surface area contributed by atoms with Gasteiger partial charge in [-0.25, -0.2) is 0 Å². The molecular formula is C32H52O3. The molecule has 4 aliphatic carbocycles. The molecule has 0 aromatic rings. The number of hydrogen-bond acceptors (Lipinski definition) is 3. The molecular weight excluding hydrogens is 432 g/mol. The van der Waals surface area contributed by atoms with E-state index >= 15 is 0 Å². The van der Waals surface area contributed by atoms with Crippen molar-refractivity contribution in [3.05, 3.63) is 11.1 Å². The van der Waals surface area contributed by atoms with Crippen LogP contribution in [0.3, 0.4) is 0 Å². The Balaban J connectivity index is 1.76. The molecule has 0 amide bonds. The molecule has 0 aromatic heterocycles. The van der Waals surface area contributed by atoms with Gasteiger partial charge in [0, 0.05) is 31.1 Å². The van der Waals surface area contributed by atoms with E-state index in [-0.39, 0.29) is 33.7 Å². The van der Waals surface area contributed by atoms with Gasteiger partial charge in [-0.15, -0.1) is 0 Å². The molecule has 0 aliphatic heterocycles. The van der Waals surface area contributed by atoms with Gasteiger partial charge in [0.15, 0.2) is 0 Å². The quantitative estimate of drug-likeness (QED) is 0.281. The summed E-state index contributed by atoms with van der Waals surface area (Å²) in [6.45, 7) is 20.6. The number of ketones is 1. The zero-order valence-electron chi connectivity index (χ0n) is 24.2. The number of hydrogen-bond donors (Lipinski definition) is 0. The van der Waals surface area contributed by atoms with E-state index in [1.807, 2.05) is 0 Å². The first-order valence-corrected chi connectivity index (χ1v) is 14.6. The summed E-state index contributed by atoms with van der Waals surface area (Å²) in [4.78, 5) is 25.4. The number of fused-ring (bicyclic) bond motifs is 5. The normalized spacial score (nSPS) is 41.3. The molecule has 3 nitrogen and oxygen atoms in total. The van der Waals surface area contributed by atoms with Gasteiger partial charge in [-0.2, -0.15) is 0 Å². The fourth-order valence-corrected chi connectivity index (χ4v) is 9.96. The monoisotopic (exact) mass is 484 g/mol. The number of rotatable bonds is 6. The summed E-state index contributed by atoms with van der Waals surface area (Å²) in [5, 5.41) is 0. The Bertz CT molecular complexity index is 896. The highest BCUT2D eigenvalue weighted by Gasteiger charge is 2.69. The van der Waals surface area contributed by atoms with Crippen LogP contribution in [0.25, 0.3) is 0 Å². The lowest BCUT2D eigenvalue weighted by Gasteiger charge is -2.69. The van der Waals surface area contributed by atoms with Gasteiger partial charge in [-0.3, -0.25) is 9.59 Å². The minimum atomic E-state index is -0.294. The van der Waals surface area contributed by atoms with E-state index in [1.165, 1.54) is 32.1 Å². The molecule has 3 fully saturated rings. The predicted octanol–water partition coefficient (Wildman–Crippen LogP) is 8.31. The average Bonchev–Trinajstić information content (AvgIpc) is 3.08. The lowest BCUT2D eigenvalue weighted by molar-refractivity contribution is -0.217. The average molecular weight is 485 g/mol. The molecule has 0 heterocycles. The van der Waals surface area contributed by atoms with E-state index in [0.717, 1.165) is 31.6 Å². The van der Waals surface area contributed by atoms with E-state index in [1.54, 1.807) is 18.1 Å². The number of Topliss-reactive ketones (excluding diaryl/α,β-unsaturated/α-hetero) is 1. The molecule has 3 heteroatoms. The lowest BCUT2D eigenvalue weighted by Crippen LogP contribution is -2.66. The first-order chi connectivity index (χ1) is 16.2. The summed E-state index contributed by atoms with van der Waals surface area (Å²) < 4.78 is 6.27. The SMILES string of the molecule is CC(=O)O[C@@H]1CC2=C([C@H](C)CCCC(C)C)CC[C@]2(C)[C@@]2(C)CC[C@H]3C(C)(C)C(=O)CC[C@]3(C)[C@H]12. The van der Waals surface area contributed by atoms with Gasteiger partial charge in [0.05, 0.1) is 0 Å². The highest BCUT2D eigenvalue weighted by atomic mass is 16.5. The summed E-state index contributed by atoms with van der Waals surface area (Å²) >= 11 is 0. The Labute approximate surface area is 215 Å². The summed E-state index contributed by atoms with van der Waals surface area (Å²) in [6.07, 6.45) is 11.0. The van der Waals surface area contributed by atoms with Crippen LogP contribution in [0.4, 0.5) is 0 Å². The Hall–Kier alpha value is -1.12.